The summed E-state index contributed by atoms with van der Waals surface area (Å²) in [6.07, 6.45) is 0. The summed E-state index contributed by atoms with van der Waals surface area (Å²) in [6.45, 7) is 1.04. The SMILES string of the molecule is NCc1csc(NCc2ccc(C(=O)O)cc2)n1. The van der Waals surface area contributed by atoms with Crippen LogP contribution < -0.4 is 11.1 Å². The summed E-state index contributed by atoms with van der Waals surface area (Å²) in [7, 11) is 0. The lowest BCUT2D eigenvalue weighted by Gasteiger charge is -2.03. The number of carboxylic acid groups (broad SMARTS) is 1. The van der Waals surface area contributed by atoms with Gasteiger partial charge >= 0.3 is 5.97 Å². The molecule has 0 amide bonds. The second-order valence-corrected chi connectivity index (χ2v) is 4.56. The molecule has 0 aliphatic carbocycles. The summed E-state index contributed by atoms with van der Waals surface area (Å²) in [4.78, 5) is 15.0. The zero-order chi connectivity index (χ0) is 13.0. The number of aromatic nitrogens is 1. The van der Waals surface area contributed by atoms with Crippen LogP contribution in [0.2, 0.25) is 0 Å². The Morgan fingerprint density at radius 1 is 1.39 bits per heavy atom. The maximum Gasteiger partial charge on any atom is 0.335 e. The second kappa shape index (κ2) is 5.61. The van der Waals surface area contributed by atoms with Gasteiger partial charge in [0.1, 0.15) is 0 Å². The van der Waals surface area contributed by atoms with Crippen LogP contribution in [0, 0.1) is 0 Å². The number of aromatic carboxylic acids is 1. The third-order valence-corrected chi connectivity index (χ3v) is 3.25. The fourth-order valence-electron chi connectivity index (χ4n) is 1.42. The highest BCUT2D eigenvalue weighted by molar-refractivity contribution is 7.13. The van der Waals surface area contributed by atoms with E-state index in [-0.39, 0.29) is 0 Å². The Bertz CT molecular complexity index is 537. The number of nitrogens with zero attached hydrogens (tertiary/aromatic N) is 1. The number of nitrogens with one attached hydrogen (secondary N) is 1. The first-order valence-electron chi connectivity index (χ1n) is 5.39. The van der Waals surface area contributed by atoms with Crippen LogP contribution in [0.15, 0.2) is 29.6 Å². The Morgan fingerprint density at radius 3 is 2.67 bits per heavy atom. The van der Waals surface area contributed by atoms with Crippen molar-refractivity contribution in [2.24, 2.45) is 5.73 Å². The standard InChI is InChI=1S/C12H13N3O2S/c13-5-10-7-18-12(15-10)14-6-8-1-3-9(4-2-8)11(16)17/h1-4,7H,5-6,13H2,(H,14,15)(H,16,17). The van der Waals surface area contributed by atoms with Gasteiger partial charge in [-0.15, -0.1) is 11.3 Å². The number of benzene rings is 1. The van der Waals surface area contributed by atoms with Crippen LogP contribution in [0.3, 0.4) is 0 Å². The molecule has 0 saturated heterocycles. The fraction of sp³-hybridized carbons (Fsp3) is 0.167. The quantitative estimate of drug-likeness (QED) is 0.767. The van der Waals surface area contributed by atoms with Crippen molar-refractivity contribution in [3.05, 3.63) is 46.5 Å². The molecule has 0 unspecified atom stereocenters. The summed E-state index contributed by atoms with van der Waals surface area (Å²) < 4.78 is 0. The lowest BCUT2D eigenvalue weighted by atomic mass is 10.1. The monoisotopic (exact) mass is 263 g/mol. The molecular weight excluding hydrogens is 250 g/mol. The van der Waals surface area contributed by atoms with Crippen molar-refractivity contribution < 1.29 is 9.90 Å². The van der Waals surface area contributed by atoms with Gasteiger partial charge in [-0.3, -0.25) is 0 Å². The first-order valence-corrected chi connectivity index (χ1v) is 6.27. The molecule has 0 fully saturated rings. The van der Waals surface area contributed by atoms with Crippen molar-refractivity contribution in [3.8, 4) is 0 Å². The van der Waals surface area contributed by atoms with Gasteiger partial charge in [0.2, 0.25) is 0 Å². The zero-order valence-corrected chi connectivity index (χ0v) is 10.4. The molecule has 5 nitrogen and oxygen atoms in total. The van der Waals surface area contributed by atoms with Gasteiger partial charge in [-0.1, -0.05) is 12.1 Å². The smallest absolute Gasteiger partial charge is 0.335 e. The minimum absolute atomic E-state index is 0.290. The van der Waals surface area contributed by atoms with E-state index >= 15 is 0 Å². The van der Waals surface area contributed by atoms with Gasteiger partial charge < -0.3 is 16.2 Å². The van der Waals surface area contributed by atoms with Crippen LogP contribution in [-0.4, -0.2) is 16.1 Å². The zero-order valence-electron chi connectivity index (χ0n) is 9.59. The predicted octanol–water partition coefficient (Wildman–Crippen LogP) is 1.91. The molecule has 4 N–H and O–H groups in total. The highest BCUT2D eigenvalue weighted by atomic mass is 32.1. The second-order valence-electron chi connectivity index (χ2n) is 3.70. The minimum Gasteiger partial charge on any atom is -0.478 e. The minimum atomic E-state index is -0.915. The molecule has 2 aromatic rings. The van der Waals surface area contributed by atoms with Crippen molar-refractivity contribution in [2.75, 3.05) is 5.32 Å². The van der Waals surface area contributed by atoms with Gasteiger partial charge in [-0.25, -0.2) is 9.78 Å². The molecule has 0 aliphatic heterocycles. The Labute approximate surface area is 108 Å². The average Bonchev–Trinajstić information content (AvgIpc) is 2.85. The van der Waals surface area contributed by atoms with Gasteiger partial charge in [0, 0.05) is 18.5 Å². The summed E-state index contributed by atoms with van der Waals surface area (Å²) in [5.41, 5.74) is 7.64. The van der Waals surface area contributed by atoms with Crippen molar-refractivity contribution in [2.45, 2.75) is 13.1 Å². The van der Waals surface area contributed by atoms with Gasteiger partial charge in [-0.2, -0.15) is 0 Å². The molecule has 1 aromatic heterocycles. The lowest BCUT2D eigenvalue weighted by molar-refractivity contribution is 0.0697. The molecule has 0 aliphatic rings. The van der Waals surface area contributed by atoms with E-state index in [0.717, 1.165) is 16.4 Å². The van der Waals surface area contributed by atoms with Crippen molar-refractivity contribution >= 4 is 22.4 Å². The Kier molecular flexibility index (Phi) is 3.91. The first-order chi connectivity index (χ1) is 8.69. The van der Waals surface area contributed by atoms with Crippen LogP contribution in [0.4, 0.5) is 5.13 Å². The van der Waals surface area contributed by atoms with Gasteiger partial charge in [-0.05, 0) is 17.7 Å². The number of thiazole rings is 1. The van der Waals surface area contributed by atoms with Crippen LogP contribution in [0.1, 0.15) is 21.6 Å². The summed E-state index contributed by atoms with van der Waals surface area (Å²) in [5.74, 6) is -0.915. The number of hydrogen-bond donors (Lipinski definition) is 3. The molecule has 0 radical (unpaired) electrons. The number of rotatable bonds is 5. The van der Waals surface area contributed by atoms with Crippen LogP contribution in [-0.2, 0) is 13.1 Å². The fourth-order valence-corrected chi connectivity index (χ4v) is 2.15. The largest absolute Gasteiger partial charge is 0.478 e. The molecule has 0 atom stereocenters. The van der Waals surface area contributed by atoms with Crippen molar-refractivity contribution in [1.29, 1.82) is 0 Å². The third kappa shape index (κ3) is 3.06. The molecule has 2 rings (SSSR count). The van der Waals surface area contributed by atoms with Crippen molar-refractivity contribution in [3.63, 3.8) is 0 Å². The summed E-state index contributed by atoms with van der Waals surface area (Å²) in [6, 6.07) is 6.75. The van der Waals surface area contributed by atoms with E-state index < -0.39 is 5.97 Å². The van der Waals surface area contributed by atoms with Gasteiger partial charge in [0.25, 0.3) is 0 Å². The van der Waals surface area contributed by atoms with Gasteiger partial charge in [0.15, 0.2) is 5.13 Å². The normalized spacial score (nSPS) is 10.3. The molecule has 1 aromatic carbocycles. The maximum atomic E-state index is 10.7. The van der Waals surface area contributed by atoms with Gasteiger partial charge in [0.05, 0.1) is 11.3 Å². The summed E-state index contributed by atoms with van der Waals surface area (Å²) >= 11 is 1.51. The molecule has 0 bridgehead atoms. The highest BCUT2D eigenvalue weighted by Crippen LogP contribution is 2.16. The van der Waals surface area contributed by atoms with E-state index in [1.54, 1.807) is 24.3 Å². The Hall–Kier alpha value is -1.92. The van der Waals surface area contributed by atoms with Crippen LogP contribution >= 0.6 is 11.3 Å². The highest BCUT2D eigenvalue weighted by Gasteiger charge is 2.03. The van der Waals surface area contributed by atoms with E-state index in [0.29, 0.717) is 18.7 Å². The predicted molar refractivity (Wildman–Crippen MR) is 70.7 cm³/mol. The summed E-state index contributed by atoms with van der Waals surface area (Å²) in [5, 5.41) is 14.7. The number of carboxylic acids is 1. The van der Waals surface area contributed by atoms with E-state index in [9.17, 15) is 4.79 Å². The molecule has 0 spiro atoms. The molecule has 6 heteroatoms. The molecule has 94 valence electrons. The van der Waals surface area contributed by atoms with Crippen molar-refractivity contribution in [1.82, 2.24) is 4.98 Å². The topological polar surface area (TPSA) is 88.2 Å². The van der Waals surface area contributed by atoms with Crippen LogP contribution in [0.25, 0.3) is 0 Å². The molecule has 18 heavy (non-hydrogen) atoms. The number of hydrogen-bond acceptors (Lipinski definition) is 5. The lowest BCUT2D eigenvalue weighted by Crippen LogP contribution is -2.02. The molecular formula is C12H13N3O2S. The first kappa shape index (κ1) is 12.5. The van der Waals surface area contributed by atoms with E-state index in [1.165, 1.54) is 11.3 Å². The number of carbonyl (C=O) groups is 1. The Morgan fingerprint density at radius 2 is 2.11 bits per heavy atom. The number of nitrogens with two attached hydrogens (primary N) is 1. The maximum absolute atomic E-state index is 10.7. The van der Waals surface area contributed by atoms with E-state index in [2.05, 4.69) is 10.3 Å². The van der Waals surface area contributed by atoms with E-state index in [4.69, 9.17) is 10.8 Å². The Balaban J connectivity index is 1.95. The van der Waals surface area contributed by atoms with E-state index in [1.807, 2.05) is 5.38 Å². The molecule has 1 heterocycles. The number of anilines is 1. The average molecular weight is 263 g/mol. The third-order valence-electron chi connectivity index (χ3n) is 2.41. The van der Waals surface area contributed by atoms with Crippen LogP contribution in [0.5, 0.6) is 0 Å². The molecule has 0 saturated carbocycles.